The fourth-order valence-corrected chi connectivity index (χ4v) is 3.89. The number of para-hydroxylation sites is 1. The molecule has 0 unspecified atom stereocenters. The van der Waals surface area contributed by atoms with Gasteiger partial charge in [0, 0.05) is 20.5 Å². The zero-order chi connectivity index (χ0) is 22.8. The smallest absolute Gasteiger partial charge is 0.325 e. The number of aryl methyl sites for hydroxylation is 1. The summed E-state index contributed by atoms with van der Waals surface area (Å²) in [5.74, 6) is -0.486. The Morgan fingerprint density at radius 3 is 2.48 bits per heavy atom. The fourth-order valence-electron chi connectivity index (χ4n) is 2.58. The highest BCUT2D eigenvalue weighted by Crippen LogP contribution is 2.26. The number of hydrogen-bond donors (Lipinski definition) is 1. The molecule has 0 aliphatic rings. The van der Waals surface area contributed by atoms with Crippen molar-refractivity contribution in [1.82, 2.24) is 24.1 Å². The highest BCUT2D eigenvalue weighted by atomic mass is 35.5. The second kappa shape index (κ2) is 9.18. The molecule has 0 atom stereocenters. The van der Waals surface area contributed by atoms with Crippen molar-refractivity contribution in [2.45, 2.75) is 17.9 Å². The third kappa shape index (κ3) is 4.96. The minimum Gasteiger partial charge on any atom is -0.325 e. The molecule has 164 valence electrons. The molecule has 0 saturated carbocycles. The van der Waals surface area contributed by atoms with Gasteiger partial charge in [-0.25, -0.2) is 17.5 Å². The van der Waals surface area contributed by atoms with Gasteiger partial charge in [0.05, 0.1) is 32.9 Å². The number of anilines is 1. The van der Waals surface area contributed by atoms with Gasteiger partial charge >= 0.3 is 5.69 Å². The Bertz CT molecular complexity index is 1290. The van der Waals surface area contributed by atoms with Crippen LogP contribution < -0.4 is 11.0 Å². The summed E-state index contributed by atoms with van der Waals surface area (Å²) in [5.41, 5.74) is -0.0461. The van der Waals surface area contributed by atoms with Crippen LogP contribution in [0.4, 0.5) is 5.69 Å². The maximum Gasteiger partial charge on any atom is 0.368 e. The first-order valence-corrected chi connectivity index (χ1v) is 11.1. The number of carbonyl (C=O) groups is 1. The highest BCUT2D eigenvalue weighted by molar-refractivity contribution is 7.89. The second-order valence-electron chi connectivity index (χ2n) is 6.58. The molecule has 31 heavy (non-hydrogen) atoms. The van der Waals surface area contributed by atoms with E-state index >= 15 is 0 Å². The van der Waals surface area contributed by atoms with Gasteiger partial charge in [0.1, 0.15) is 0 Å². The summed E-state index contributed by atoms with van der Waals surface area (Å²) in [6.07, 6.45) is -0.123. The van der Waals surface area contributed by atoms with Crippen molar-refractivity contribution in [3.8, 4) is 5.69 Å². The van der Waals surface area contributed by atoms with Crippen molar-refractivity contribution in [3.05, 3.63) is 63.0 Å². The second-order valence-corrected chi connectivity index (χ2v) is 9.54. The number of halogens is 2. The maximum absolute atomic E-state index is 12.5. The van der Waals surface area contributed by atoms with Crippen molar-refractivity contribution in [3.63, 3.8) is 0 Å². The molecule has 1 aromatic heterocycles. The van der Waals surface area contributed by atoms with Gasteiger partial charge in [-0.1, -0.05) is 35.3 Å². The third-order valence-corrected chi connectivity index (χ3v) is 6.72. The van der Waals surface area contributed by atoms with E-state index in [2.05, 4.69) is 15.7 Å². The lowest BCUT2D eigenvalue weighted by Crippen LogP contribution is -2.26. The van der Waals surface area contributed by atoms with E-state index in [4.69, 9.17) is 23.2 Å². The number of hydrogen-bond acceptors (Lipinski definition) is 6. The van der Waals surface area contributed by atoms with Crippen LogP contribution in [0, 0.1) is 0 Å². The molecular weight excluding hydrogens is 467 g/mol. The van der Waals surface area contributed by atoms with Crippen LogP contribution in [-0.4, -0.2) is 52.5 Å². The minimum atomic E-state index is -3.69. The Morgan fingerprint density at radius 1 is 1.10 bits per heavy atom. The number of nitrogens with zero attached hydrogens (tertiary/aromatic N) is 5. The predicted octanol–water partition coefficient (Wildman–Crippen LogP) is 2.01. The SMILES string of the molecule is CN(C)S(=O)(=O)c1ccc(Cl)c(NC(=O)CCn2nnn(-c3ccccc3Cl)c2=O)c1. The molecule has 0 bridgehead atoms. The van der Waals surface area contributed by atoms with E-state index in [1.54, 1.807) is 24.3 Å². The van der Waals surface area contributed by atoms with Gasteiger partial charge in [-0.3, -0.25) is 4.79 Å². The van der Waals surface area contributed by atoms with Crippen LogP contribution in [0.3, 0.4) is 0 Å². The zero-order valence-corrected chi connectivity index (χ0v) is 18.8. The van der Waals surface area contributed by atoms with Gasteiger partial charge in [-0.15, -0.1) is 0 Å². The molecule has 1 N–H and O–H groups in total. The Hall–Kier alpha value is -2.73. The maximum atomic E-state index is 12.5. The molecule has 3 aromatic rings. The lowest BCUT2D eigenvalue weighted by Gasteiger charge is -2.13. The van der Waals surface area contributed by atoms with Gasteiger partial charge in [-0.05, 0) is 40.8 Å². The number of carbonyl (C=O) groups excluding carboxylic acids is 1. The van der Waals surface area contributed by atoms with Crippen LogP contribution in [0.1, 0.15) is 6.42 Å². The summed E-state index contributed by atoms with van der Waals surface area (Å²) in [6, 6.07) is 10.7. The Kier molecular flexibility index (Phi) is 6.80. The van der Waals surface area contributed by atoms with Gasteiger partial charge in [0.25, 0.3) is 0 Å². The van der Waals surface area contributed by atoms with E-state index in [1.807, 2.05) is 0 Å². The summed E-state index contributed by atoms with van der Waals surface area (Å²) in [7, 11) is -0.897. The van der Waals surface area contributed by atoms with Crippen LogP contribution >= 0.6 is 23.2 Å². The van der Waals surface area contributed by atoms with E-state index in [9.17, 15) is 18.0 Å². The molecule has 13 heteroatoms. The zero-order valence-electron chi connectivity index (χ0n) is 16.5. The monoisotopic (exact) mass is 484 g/mol. The number of amides is 1. The fraction of sp³-hybridized carbons (Fsp3) is 0.222. The van der Waals surface area contributed by atoms with Crippen LogP contribution in [0.15, 0.2) is 52.2 Å². The molecular formula is C18H18Cl2N6O4S. The molecule has 0 fully saturated rings. The minimum absolute atomic E-state index is 0.0175. The topological polar surface area (TPSA) is 119 Å². The number of nitrogens with one attached hydrogen (secondary N) is 1. The van der Waals surface area contributed by atoms with Gasteiger partial charge in [-0.2, -0.15) is 9.36 Å². The van der Waals surface area contributed by atoms with E-state index in [0.717, 1.165) is 13.7 Å². The molecule has 1 amide bonds. The average Bonchev–Trinajstić information content (AvgIpc) is 3.08. The molecule has 0 aliphatic heterocycles. The first-order valence-electron chi connectivity index (χ1n) is 8.91. The van der Waals surface area contributed by atoms with Crippen LogP contribution in [0.25, 0.3) is 5.69 Å². The first kappa shape index (κ1) is 22.9. The van der Waals surface area contributed by atoms with Gasteiger partial charge < -0.3 is 5.32 Å². The number of benzene rings is 2. The number of rotatable bonds is 7. The van der Waals surface area contributed by atoms with E-state index in [1.165, 1.54) is 32.3 Å². The van der Waals surface area contributed by atoms with Crippen molar-refractivity contribution in [2.75, 3.05) is 19.4 Å². The molecule has 0 spiro atoms. The largest absolute Gasteiger partial charge is 0.368 e. The Labute approximate surface area is 188 Å². The first-order chi connectivity index (χ1) is 14.6. The van der Waals surface area contributed by atoms with Crippen LogP contribution in [-0.2, 0) is 21.4 Å². The molecule has 2 aromatic carbocycles. The van der Waals surface area contributed by atoms with Crippen LogP contribution in [0.2, 0.25) is 10.0 Å². The van der Waals surface area contributed by atoms with Crippen molar-refractivity contribution < 1.29 is 13.2 Å². The van der Waals surface area contributed by atoms with E-state index in [0.29, 0.717) is 10.7 Å². The van der Waals surface area contributed by atoms with Gasteiger partial charge in [0.2, 0.25) is 15.9 Å². The molecule has 0 radical (unpaired) electrons. The summed E-state index contributed by atoms with van der Waals surface area (Å²) in [6.45, 7) is -0.0531. The standard InChI is InChI=1S/C18H18Cl2N6O4S/c1-24(2)31(29,30)12-7-8-13(19)15(11-12)21-17(27)9-10-25-18(28)26(23-22-25)16-6-4-3-5-14(16)20/h3-8,11H,9-10H2,1-2H3,(H,21,27). The molecule has 10 nitrogen and oxygen atoms in total. The third-order valence-electron chi connectivity index (χ3n) is 4.26. The summed E-state index contributed by atoms with van der Waals surface area (Å²) in [4.78, 5) is 24.8. The summed E-state index contributed by atoms with van der Waals surface area (Å²) in [5, 5.41) is 10.6. The summed E-state index contributed by atoms with van der Waals surface area (Å²) >= 11 is 12.2. The quantitative estimate of drug-likeness (QED) is 0.547. The molecule has 0 aliphatic carbocycles. The van der Waals surface area contributed by atoms with Crippen molar-refractivity contribution in [1.29, 1.82) is 0 Å². The number of tetrazole rings is 1. The lowest BCUT2D eigenvalue weighted by atomic mass is 10.3. The van der Waals surface area contributed by atoms with Crippen LogP contribution in [0.5, 0.6) is 0 Å². The van der Waals surface area contributed by atoms with Crippen molar-refractivity contribution in [2.24, 2.45) is 0 Å². The Balaban J connectivity index is 1.72. The predicted molar refractivity (Wildman–Crippen MR) is 116 cm³/mol. The van der Waals surface area contributed by atoms with Gasteiger partial charge in [0.15, 0.2) is 0 Å². The lowest BCUT2D eigenvalue weighted by molar-refractivity contribution is -0.116. The van der Waals surface area contributed by atoms with E-state index < -0.39 is 21.6 Å². The molecule has 3 rings (SSSR count). The van der Waals surface area contributed by atoms with Crippen molar-refractivity contribution >= 4 is 44.8 Å². The average molecular weight is 485 g/mol. The van der Waals surface area contributed by atoms with E-state index in [-0.39, 0.29) is 28.6 Å². The number of sulfonamides is 1. The summed E-state index contributed by atoms with van der Waals surface area (Å²) < 4.78 is 27.7. The Morgan fingerprint density at radius 2 is 1.81 bits per heavy atom. The number of aromatic nitrogens is 4. The molecule has 1 heterocycles. The molecule has 0 saturated heterocycles. The normalized spacial score (nSPS) is 11.6. The highest BCUT2D eigenvalue weighted by Gasteiger charge is 2.19.